The number of carbonyl (C=O) groups excluding carboxylic acids is 2. The molecular formula is C14H12N2O2. The quantitative estimate of drug-likeness (QED) is 0.770. The van der Waals surface area contributed by atoms with E-state index >= 15 is 0 Å². The van der Waals surface area contributed by atoms with Crippen LogP contribution in [0.5, 0.6) is 0 Å². The van der Waals surface area contributed by atoms with Crippen molar-refractivity contribution in [1.29, 1.82) is 0 Å². The van der Waals surface area contributed by atoms with Crippen LogP contribution < -0.4 is 5.32 Å². The molecule has 90 valence electrons. The Labute approximate surface area is 104 Å². The second kappa shape index (κ2) is 3.57. The van der Waals surface area contributed by atoms with Crippen LogP contribution in [0.1, 0.15) is 12.5 Å². The summed E-state index contributed by atoms with van der Waals surface area (Å²) in [5.74, 6) is -0.614. The molecule has 0 spiro atoms. The van der Waals surface area contributed by atoms with Crippen molar-refractivity contribution in [1.82, 2.24) is 9.88 Å². The summed E-state index contributed by atoms with van der Waals surface area (Å²) in [6, 6.07) is 7.83. The van der Waals surface area contributed by atoms with E-state index in [0.29, 0.717) is 11.1 Å². The summed E-state index contributed by atoms with van der Waals surface area (Å²) in [6.07, 6.45) is 1.89. The normalized spacial score (nSPS) is 15.7. The fourth-order valence-corrected chi connectivity index (χ4v) is 2.41. The maximum atomic E-state index is 11.8. The molecule has 0 saturated carbocycles. The number of nitrogens with zero attached hydrogens (tertiary/aromatic N) is 1. The Balaban J connectivity index is 2.34. The molecule has 4 heteroatoms. The fraction of sp³-hybridized carbons (Fsp3) is 0.143. The van der Waals surface area contributed by atoms with Crippen LogP contribution in [-0.4, -0.2) is 16.4 Å². The van der Waals surface area contributed by atoms with E-state index in [9.17, 15) is 9.59 Å². The maximum Gasteiger partial charge on any atom is 0.259 e. The number of fused-ring (bicyclic) bond motifs is 1. The molecule has 1 aromatic heterocycles. The van der Waals surface area contributed by atoms with Crippen LogP contribution in [0.4, 0.5) is 0 Å². The van der Waals surface area contributed by atoms with E-state index in [1.165, 1.54) is 0 Å². The van der Waals surface area contributed by atoms with Crippen molar-refractivity contribution < 1.29 is 9.59 Å². The molecule has 2 heterocycles. The molecule has 0 unspecified atom stereocenters. The summed E-state index contributed by atoms with van der Waals surface area (Å²) in [4.78, 5) is 23.4. The van der Waals surface area contributed by atoms with Crippen LogP contribution in [0.2, 0.25) is 0 Å². The van der Waals surface area contributed by atoms with E-state index in [4.69, 9.17) is 0 Å². The van der Waals surface area contributed by atoms with Crippen LogP contribution in [-0.2, 0) is 16.6 Å². The van der Waals surface area contributed by atoms with Gasteiger partial charge in [0.15, 0.2) is 0 Å². The molecule has 1 aromatic carbocycles. The Kier molecular flexibility index (Phi) is 2.13. The van der Waals surface area contributed by atoms with Crippen molar-refractivity contribution in [3.63, 3.8) is 0 Å². The number of imide groups is 1. The van der Waals surface area contributed by atoms with Gasteiger partial charge in [-0.15, -0.1) is 0 Å². The number of para-hydroxylation sites is 1. The number of hydrogen-bond acceptors (Lipinski definition) is 2. The predicted molar refractivity (Wildman–Crippen MR) is 68.7 cm³/mol. The third-order valence-electron chi connectivity index (χ3n) is 3.34. The molecule has 0 aliphatic carbocycles. The minimum Gasteiger partial charge on any atom is -0.350 e. The van der Waals surface area contributed by atoms with Gasteiger partial charge in [-0.3, -0.25) is 14.9 Å². The summed E-state index contributed by atoms with van der Waals surface area (Å²) >= 11 is 0. The van der Waals surface area contributed by atoms with Crippen molar-refractivity contribution >= 4 is 28.3 Å². The van der Waals surface area contributed by atoms with Gasteiger partial charge in [-0.2, -0.15) is 0 Å². The molecule has 18 heavy (non-hydrogen) atoms. The monoisotopic (exact) mass is 240 g/mol. The van der Waals surface area contributed by atoms with Crippen LogP contribution in [0.3, 0.4) is 0 Å². The average molecular weight is 240 g/mol. The standard InChI is InChI=1S/C14H12N2O2/c1-8-12(14(18)15-13(8)17)10-7-16(2)11-6-4-3-5-9(10)11/h3-7H,1-2H3,(H,15,17,18). The summed E-state index contributed by atoms with van der Waals surface area (Å²) < 4.78 is 1.96. The first-order valence-corrected chi connectivity index (χ1v) is 5.70. The molecule has 1 N–H and O–H groups in total. The summed E-state index contributed by atoms with van der Waals surface area (Å²) in [5.41, 5.74) is 2.82. The van der Waals surface area contributed by atoms with Gasteiger partial charge in [0.25, 0.3) is 11.8 Å². The van der Waals surface area contributed by atoms with Gasteiger partial charge in [0, 0.05) is 35.3 Å². The van der Waals surface area contributed by atoms with E-state index in [1.54, 1.807) is 6.92 Å². The van der Waals surface area contributed by atoms with E-state index < -0.39 is 0 Å². The number of aryl methyl sites for hydroxylation is 1. The van der Waals surface area contributed by atoms with Gasteiger partial charge >= 0.3 is 0 Å². The Morgan fingerprint density at radius 3 is 2.50 bits per heavy atom. The topological polar surface area (TPSA) is 51.1 Å². The first-order valence-electron chi connectivity index (χ1n) is 5.70. The van der Waals surface area contributed by atoms with Crippen molar-refractivity contribution in [3.8, 4) is 0 Å². The zero-order valence-corrected chi connectivity index (χ0v) is 10.2. The third-order valence-corrected chi connectivity index (χ3v) is 3.34. The van der Waals surface area contributed by atoms with Crippen LogP contribution in [0.15, 0.2) is 36.0 Å². The van der Waals surface area contributed by atoms with Gasteiger partial charge in [0.2, 0.25) is 0 Å². The van der Waals surface area contributed by atoms with Gasteiger partial charge in [-0.1, -0.05) is 18.2 Å². The number of nitrogens with one attached hydrogen (secondary N) is 1. The largest absolute Gasteiger partial charge is 0.350 e. The first kappa shape index (κ1) is 10.8. The zero-order valence-electron chi connectivity index (χ0n) is 10.2. The van der Waals surface area contributed by atoms with Crippen molar-refractivity contribution in [2.24, 2.45) is 7.05 Å². The van der Waals surface area contributed by atoms with Gasteiger partial charge in [0.1, 0.15) is 0 Å². The number of carbonyl (C=O) groups is 2. The molecule has 0 radical (unpaired) electrons. The second-order valence-corrected chi connectivity index (χ2v) is 4.45. The number of benzene rings is 1. The lowest BCUT2D eigenvalue weighted by atomic mass is 10.0. The number of rotatable bonds is 1. The van der Waals surface area contributed by atoms with Crippen LogP contribution in [0.25, 0.3) is 16.5 Å². The smallest absolute Gasteiger partial charge is 0.259 e. The molecule has 0 fully saturated rings. The number of hydrogen-bond donors (Lipinski definition) is 1. The molecular weight excluding hydrogens is 228 g/mol. The van der Waals surface area contributed by atoms with Crippen molar-refractivity contribution in [2.45, 2.75) is 6.92 Å². The molecule has 3 rings (SSSR count). The number of amides is 2. The average Bonchev–Trinajstić information content (AvgIpc) is 2.79. The lowest BCUT2D eigenvalue weighted by Crippen LogP contribution is -2.22. The van der Waals surface area contributed by atoms with Crippen molar-refractivity contribution in [2.75, 3.05) is 0 Å². The van der Waals surface area contributed by atoms with E-state index in [1.807, 2.05) is 42.1 Å². The fourth-order valence-electron chi connectivity index (χ4n) is 2.41. The highest BCUT2D eigenvalue weighted by Crippen LogP contribution is 2.31. The minimum absolute atomic E-state index is 0.303. The Hall–Kier alpha value is -2.36. The summed E-state index contributed by atoms with van der Waals surface area (Å²) in [5, 5.41) is 3.31. The van der Waals surface area contributed by atoms with Crippen LogP contribution in [0, 0.1) is 0 Å². The zero-order chi connectivity index (χ0) is 12.9. The van der Waals surface area contributed by atoms with Crippen molar-refractivity contribution in [3.05, 3.63) is 41.6 Å². The molecule has 1 aliphatic heterocycles. The highest BCUT2D eigenvalue weighted by Gasteiger charge is 2.29. The van der Waals surface area contributed by atoms with Crippen LogP contribution >= 0.6 is 0 Å². The molecule has 2 aromatic rings. The SMILES string of the molecule is CC1=C(c2cn(C)c3ccccc23)C(=O)NC1=O. The lowest BCUT2D eigenvalue weighted by Gasteiger charge is -1.98. The Bertz CT molecular complexity index is 722. The maximum absolute atomic E-state index is 11.8. The summed E-state index contributed by atoms with van der Waals surface area (Å²) in [7, 11) is 1.93. The molecule has 0 saturated heterocycles. The van der Waals surface area contributed by atoms with Gasteiger partial charge in [-0.25, -0.2) is 0 Å². The highest BCUT2D eigenvalue weighted by molar-refractivity contribution is 6.37. The van der Waals surface area contributed by atoms with E-state index in [2.05, 4.69) is 5.32 Å². The third kappa shape index (κ3) is 1.32. The Morgan fingerprint density at radius 2 is 1.83 bits per heavy atom. The van der Waals surface area contributed by atoms with E-state index in [0.717, 1.165) is 16.5 Å². The molecule has 2 amide bonds. The molecule has 1 aliphatic rings. The number of aromatic nitrogens is 1. The first-order chi connectivity index (χ1) is 8.59. The Morgan fingerprint density at radius 1 is 1.11 bits per heavy atom. The molecule has 0 bridgehead atoms. The van der Waals surface area contributed by atoms with E-state index in [-0.39, 0.29) is 11.8 Å². The summed E-state index contributed by atoms with van der Waals surface area (Å²) in [6.45, 7) is 1.68. The lowest BCUT2D eigenvalue weighted by molar-refractivity contribution is -0.123. The highest BCUT2D eigenvalue weighted by atomic mass is 16.2. The van der Waals surface area contributed by atoms with Gasteiger partial charge in [0.05, 0.1) is 5.57 Å². The second-order valence-electron chi connectivity index (χ2n) is 4.45. The predicted octanol–water partition coefficient (Wildman–Crippen LogP) is 1.61. The van der Waals surface area contributed by atoms with Gasteiger partial charge < -0.3 is 4.57 Å². The molecule has 0 atom stereocenters. The minimum atomic E-state index is -0.311. The van der Waals surface area contributed by atoms with Gasteiger partial charge in [-0.05, 0) is 13.0 Å². The molecule has 4 nitrogen and oxygen atoms in total.